The molecule has 0 unspecified atom stereocenters. The lowest BCUT2D eigenvalue weighted by atomic mass is 9.94. The van der Waals surface area contributed by atoms with E-state index >= 15 is 0 Å². The third-order valence-corrected chi connectivity index (χ3v) is 2.22. The van der Waals surface area contributed by atoms with Gasteiger partial charge in [-0.05, 0) is 31.4 Å². The molecular weight excluding hydrogens is 186 g/mol. The summed E-state index contributed by atoms with van der Waals surface area (Å²) < 4.78 is 0. The number of ketones is 1. The molecule has 0 aromatic carbocycles. The van der Waals surface area contributed by atoms with Crippen molar-refractivity contribution in [3.05, 3.63) is 29.1 Å². The van der Waals surface area contributed by atoms with E-state index < -0.39 is 0 Å². The lowest BCUT2D eigenvalue weighted by Crippen LogP contribution is -3.00. The highest BCUT2D eigenvalue weighted by molar-refractivity contribution is 5.98. The number of halogens is 1. The maximum absolute atomic E-state index is 11.4. The number of pyridine rings is 1. The SMILES string of the molecule is Cc1cnc2c(c1)C(=O)CCC2.[Cl-]. The van der Waals surface area contributed by atoms with E-state index in [4.69, 9.17) is 0 Å². The molecule has 0 radical (unpaired) electrons. The van der Waals surface area contributed by atoms with E-state index in [1.165, 1.54) is 0 Å². The zero-order chi connectivity index (χ0) is 8.55. The van der Waals surface area contributed by atoms with E-state index in [2.05, 4.69) is 4.98 Å². The van der Waals surface area contributed by atoms with Gasteiger partial charge in [-0.3, -0.25) is 9.78 Å². The lowest BCUT2D eigenvalue weighted by molar-refractivity contribution is -0.0000108. The molecule has 0 fully saturated rings. The Labute approximate surface area is 83.8 Å². The fourth-order valence-electron chi connectivity index (χ4n) is 1.59. The maximum Gasteiger partial charge on any atom is 0.164 e. The molecule has 2 nitrogen and oxygen atoms in total. The molecule has 0 amide bonds. The minimum atomic E-state index is 0. The van der Waals surface area contributed by atoms with Crippen LogP contribution >= 0.6 is 0 Å². The van der Waals surface area contributed by atoms with Gasteiger partial charge in [0, 0.05) is 18.2 Å². The molecule has 0 atom stereocenters. The first-order valence-electron chi connectivity index (χ1n) is 4.26. The quantitative estimate of drug-likeness (QED) is 0.528. The van der Waals surface area contributed by atoms with Crippen molar-refractivity contribution in [3.8, 4) is 0 Å². The molecule has 1 aliphatic carbocycles. The van der Waals surface area contributed by atoms with E-state index in [0.717, 1.165) is 29.7 Å². The smallest absolute Gasteiger partial charge is 0.164 e. The molecule has 0 spiro atoms. The molecule has 2 rings (SSSR count). The van der Waals surface area contributed by atoms with E-state index in [1.807, 2.05) is 19.2 Å². The largest absolute Gasteiger partial charge is 1.00 e. The van der Waals surface area contributed by atoms with Gasteiger partial charge in [0.05, 0.1) is 5.69 Å². The Balaban J connectivity index is 0.000000845. The number of aryl methyl sites for hydroxylation is 2. The monoisotopic (exact) mass is 196 g/mol. The predicted molar refractivity (Wildman–Crippen MR) is 46.2 cm³/mol. The number of fused-ring (bicyclic) bond motifs is 1. The lowest BCUT2D eigenvalue weighted by Gasteiger charge is -2.13. The fourth-order valence-corrected chi connectivity index (χ4v) is 1.59. The molecule has 1 heterocycles. The Hall–Kier alpha value is -0.890. The van der Waals surface area contributed by atoms with Crippen LogP contribution in [0.2, 0.25) is 0 Å². The highest BCUT2D eigenvalue weighted by Gasteiger charge is 2.17. The van der Waals surface area contributed by atoms with Crippen LogP contribution in [-0.2, 0) is 6.42 Å². The average Bonchev–Trinajstić information content (AvgIpc) is 2.07. The normalized spacial score (nSPS) is 14.7. The van der Waals surface area contributed by atoms with Crippen LogP contribution < -0.4 is 12.4 Å². The molecule has 1 aliphatic rings. The summed E-state index contributed by atoms with van der Waals surface area (Å²) in [6, 6.07) is 1.95. The van der Waals surface area contributed by atoms with Gasteiger partial charge in [-0.25, -0.2) is 0 Å². The molecule has 0 bridgehead atoms. The minimum absolute atomic E-state index is 0. The van der Waals surface area contributed by atoms with Gasteiger partial charge >= 0.3 is 0 Å². The van der Waals surface area contributed by atoms with Gasteiger partial charge in [0.2, 0.25) is 0 Å². The van der Waals surface area contributed by atoms with Gasteiger partial charge in [0.15, 0.2) is 5.78 Å². The van der Waals surface area contributed by atoms with Crippen LogP contribution in [0.4, 0.5) is 0 Å². The van der Waals surface area contributed by atoms with Crippen LogP contribution in [0.1, 0.15) is 34.5 Å². The number of carbonyl (C=O) groups is 1. The van der Waals surface area contributed by atoms with Crippen molar-refractivity contribution in [1.82, 2.24) is 4.98 Å². The van der Waals surface area contributed by atoms with Crippen molar-refractivity contribution in [1.29, 1.82) is 0 Å². The van der Waals surface area contributed by atoms with Gasteiger partial charge in [0.1, 0.15) is 0 Å². The highest BCUT2D eigenvalue weighted by atomic mass is 35.5. The Kier molecular flexibility index (Phi) is 3.04. The van der Waals surface area contributed by atoms with Crippen LogP contribution in [0.25, 0.3) is 0 Å². The molecule has 0 N–H and O–H groups in total. The van der Waals surface area contributed by atoms with Crippen LogP contribution in [0.5, 0.6) is 0 Å². The van der Waals surface area contributed by atoms with Crippen molar-refractivity contribution in [2.24, 2.45) is 0 Å². The summed E-state index contributed by atoms with van der Waals surface area (Å²) in [6.07, 6.45) is 4.44. The zero-order valence-electron chi connectivity index (χ0n) is 7.51. The maximum atomic E-state index is 11.4. The summed E-state index contributed by atoms with van der Waals surface area (Å²) in [5.41, 5.74) is 2.90. The van der Waals surface area contributed by atoms with Gasteiger partial charge in [0.25, 0.3) is 0 Å². The average molecular weight is 197 g/mol. The van der Waals surface area contributed by atoms with Crippen molar-refractivity contribution >= 4 is 5.78 Å². The van der Waals surface area contributed by atoms with Crippen molar-refractivity contribution in [3.63, 3.8) is 0 Å². The molecule has 1 aromatic heterocycles. The van der Waals surface area contributed by atoms with E-state index in [1.54, 1.807) is 0 Å². The van der Waals surface area contributed by atoms with Crippen LogP contribution in [0.3, 0.4) is 0 Å². The van der Waals surface area contributed by atoms with E-state index in [9.17, 15) is 4.79 Å². The summed E-state index contributed by atoms with van der Waals surface area (Å²) >= 11 is 0. The molecule has 0 aliphatic heterocycles. The summed E-state index contributed by atoms with van der Waals surface area (Å²) in [6.45, 7) is 1.97. The molecule has 0 saturated heterocycles. The second kappa shape index (κ2) is 3.88. The Morgan fingerprint density at radius 2 is 2.15 bits per heavy atom. The Morgan fingerprint density at radius 3 is 2.92 bits per heavy atom. The van der Waals surface area contributed by atoms with Gasteiger partial charge in [-0.15, -0.1) is 0 Å². The molecule has 13 heavy (non-hydrogen) atoms. The van der Waals surface area contributed by atoms with Gasteiger partial charge in [-0.2, -0.15) is 0 Å². The van der Waals surface area contributed by atoms with E-state index in [0.29, 0.717) is 6.42 Å². The zero-order valence-corrected chi connectivity index (χ0v) is 8.27. The standard InChI is InChI=1S/C10H11NO.ClH/c1-7-5-8-9(11-6-7)3-2-4-10(8)12;/h5-6H,2-4H2,1H3;1H/p-1. The first kappa shape index (κ1) is 10.2. The third-order valence-electron chi connectivity index (χ3n) is 2.22. The first-order valence-corrected chi connectivity index (χ1v) is 4.26. The predicted octanol–water partition coefficient (Wildman–Crippen LogP) is -1.09. The number of aromatic nitrogens is 1. The highest BCUT2D eigenvalue weighted by Crippen LogP contribution is 2.19. The summed E-state index contributed by atoms with van der Waals surface area (Å²) in [7, 11) is 0. The number of rotatable bonds is 0. The summed E-state index contributed by atoms with van der Waals surface area (Å²) in [5.74, 6) is 0.257. The number of Topliss-reactive ketones (excluding diaryl/α,β-unsaturated/α-hetero) is 1. The second-order valence-electron chi connectivity index (χ2n) is 3.28. The third kappa shape index (κ3) is 1.89. The number of hydrogen-bond acceptors (Lipinski definition) is 2. The number of hydrogen-bond donors (Lipinski definition) is 0. The Bertz CT molecular complexity index is 336. The molecule has 3 heteroatoms. The molecule has 70 valence electrons. The van der Waals surface area contributed by atoms with Crippen LogP contribution in [-0.4, -0.2) is 10.8 Å². The molecule has 1 aromatic rings. The van der Waals surface area contributed by atoms with Gasteiger partial charge in [-0.1, -0.05) is 0 Å². The number of carbonyl (C=O) groups excluding carboxylic acids is 1. The fraction of sp³-hybridized carbons (Fsp3) is 0.400. The molecule has 0 saturated carbocycles. The van der Waals surface area contributed by atoms with Crippen molar-refractivity contribution in [2.45, 2.75) is 26.2 Å². The van der Waals surface area contributed by atoms with E-state index in [-0.39, 0.29) is 18.2 Å². The van der Waals surface area contributed by atoms with Crippen molar-refractivity contribution < 1.29 is 17.2 Å². The first-order chi connectivity index (χ1) is 5.77. The summed E-state index contributed by atoms with van der Waals surface area (Å²) in [5, 5.41) is 0. The topological polar surface area (TPSA) is 30.0 Å². The second-order valence-corrected chi connectivity index (χ2v) is 3.28. The minimum Gasteiger partial charge on any atom is -1.00 e. The van der Waals surface area contributed by atoms with Crippen LogP contribution in [0.15, 0.2) is 12.3 Å². The Morgan fingerprint density at radius 1 is 1.38 bits per heavy atom. The summed E-state index contributed by atoms with van der Waals surface area (Å²) in [4.78, 5) is 15.6. The van der Waals surface area contributed by atoms with Crippen molar-refractivity contribution in [2.75, 3.05) is 0 Å². The van der Waals surface area contributed by atoms with Gasteiger partial charge < -0.3 is 12.4 Å². The van der Waals surface area contributed by atoms with Crippen LogP contribution in [0, 0.1) is 6.92 Å². The molecular formula is C10H11ClNO-. The number of nitrogens with zero attached hydrogens (tertiary/aromatic N) is 1.